The zero-order chi connectivity index (χ0) is 11.7. The van der Waals surface area contributed by atoms with Gasteiger partial charge in [0.25, 0.3) is 0 Å². The highest BCUT2D eigenvalue weighted by atomic mass is 19.1. The number of hydrogen-bond acceptors (Lipinski definition) is 2. The van der Waals surface area contributed by atoms with E-state index in [0.717, 1.165) is 22.5 Å². The van der Waals surface area contributed by atoms with Crippen LogP contribution in [0.4, 0.5) is 4.39 Å². The van der Waals surface area contributed by atoms with Crippen molar-refractivity contribution in [3.05, 3.63) is 58.8 Å². The molecule has 2 N–H and O–H groups in total. The molecule has 16 heavy (non-hydrogen) atoms. The Morgan fingerprint density at radius 1 is 1.19 bits per heavy atom. The zero-order valence-corrected chi connectivity index (χ0v) is 9.33. The van der Waals surface area contributed by atoms with Gasteiger partial charge in [0.1, 0.15) is 11.6 Å². The zero-order valence-electron chi connectivity index (χ0n) is 9.33. The van der Waals surface area contributed by atoms with E-state index in [1.165, 1.54) is 12.1 Å². The first kappa shape index (κ1) is 10.9. The van der Waals surface area contributed by atoms with Gasteiger partial charge in [0.15, 0.2) is 0 Å². The molecule has 0 aliphatic carbocycles. The number of hydrogen-bond donors (Lipinski definition) is 1. The molecular formula is C13H14FNO. The van der Waals surface area contributed by atoms with Crippen molar-refractivity contribution in [2.75, 3.05) is 0 Å². The van der Waals surface area contributed by atoms with Crippen LogP contribution in [-0.4, -0.2) is 0 Å². The molecule has 3 heteroatoms. The molecule has 0 saturated heterocycles. The third-order valence-electron chi connectivity index (χ3n) is 2.81. The average Bonchev–Trinajstić information content (AvgIpc) is 2.67. The molecule has 0 aliphatic rings. The van der Waals surface area contributed by atoms with Crippen molar-refractivity contribution in [2.45, 2.75) is 19.9 Å². The van der Waals surface area contributed by atoms with Gasteiger partial charge in [0.05, 0.1) is 12.3 Å². The van der Waals surface area contributed by atoms with Crippen LogP contribution in [0.2, 0.25) is 0 Å². The highest BCUT2D eigenvalue weighted by Gasteiger charge is 2.15. The molecule has 0 bridgehead atoms. The van der Waals surface area contributed by atoms with E-state index in [1.54, 1.807) is 12.3 Å². The Labute approximate surface area is 93.9 Å². The van der Waals surface area contributed by atoms with Gasteiger partial charge in [0.2, 0.25) is 0 Å². The van der Waals surface area contributed by atoms with Gasteiger partial charge in [-0.2, -0.15) is 0 Å². The van der Waals surface area contributed by atoms with E-state index in [1.807, 2.05) is 19.9 Å². The van der Waals surface area contributed by atoms with E-state index in [2.05, 4.69) is 0 Å². The summed E-state index contributed by atoms with van der Waals surface area (Å²) in [6, 6.07) is 6.14. The summed E-state index contributed by atoms with van der Waals surface area (Å²) in [5, 5.41) is 0. The van der Waals surface area contributed by atoms with Crippen molar-refractivity contribution < 1.29 is 8.81 Å². The van der Waals surface area contributed by atoms with E-state index < -0.39 is 0 Å². The molecular weight excluding hydrogens is 205 g/mol. The van der Waals surface area contributed by atoms with Gasteiger partial charge >= 0.3 is 0 Å². The third kappa shape index (κ3) is 1.86. The topological polar surface area (TPSA) is 39.2 Å². The normalized spacial score (nSPS) is 12.8. The number of aryl methyl sites for hydroxylation is 2. The van der Waals surface area contributed by atoms with Crippen LogP contribution in [0.15, 0.2) is 34.9 Å². The highest BCUT2D eigenvalue weighted by Crippen LogP contribution is 2.26. The second-order valence-corrected chi connectivity index (χ2v) is 3.91. The van der Waals surface area contributed by atoms with Crippen molar-refractivity contribution in [1.82, 2.24) is 0 Å². The first-order valence-electron chi connectivity index (χ1n) is 5.15. The summed E-state index contributed by atoms with van der Waals surface area (Å²) in [6.07, 6.45) is 1.60. The van der Waals surface area contributed by atoms with Gasteiger partial charge in [-0.1, -0.05) is 6.07 Å². The number of halogens is 1. The van der Waals surface area contributed by atoms with Gasteiger partial charge in [0, 0.05) is 5.56 Å². The average molecular weight is 219 g/mol. The molecule has 0 aliphatic heterocycles. The van der Waals surface area contributed by atoms with Gasteiger partial charge in [-0.15, -0.1) is 0 Å². The Bertz CT molecular complexity index is 504. The summed E-state index contributed by atoms with van der Waals surface area (Å²) in [4.78, 5) is 0. The quantitative estimate of drug-likeness (QED) is 0.843. The standard InChI is InChI=1S/C13H14FNO/c1-8-3-4-10(14)7-12(8)13(15)11-5-6-16-9(11)2/h3-7,13H,15H2,1-2H3. The molecule has 0 amide bonds. The van der Waals surface area contributed by atoms with Crippen LogP contribution in [0, 0.1) is 19.7 Å². The lowest BCUT2D eigenvalue weighted by atomic mass is 9.96. The molecule has 1 aromatic heterocycles. The van der Waals surface area contributed by atoms with Crippen molar-refractivity contribution >= 4 is 0 Å². The van der Waals surface area contributed by atoms with E-state index in [0.29, 0.717) is 0 Å². The van der Waals surface area contributed by atoms with Crippen LogP contribution in [0.3, 0.4) is 0 Å². The summed E-state index contributed by atoms with van der Waals surface area (Å²) in [5.74, 6) is 0.508. The van der Waals surface area contributed by atoms with Gasteiger partial charge in [-0.25, -0.2) is 4.39 Å². The molecule has 1 atom stereocenters. The largest absolute Gasteiger partial charge is 0.469 e. The van der Waals surface area contributed by atoms with E-state index in [9.17, 15) is 4.39 Å². The SMILES string of the molecule is Cc1ccc(F)cc1C(N)c1ccoc1C. The smallest absolute Gasteiger partial charge is 0.123 e. The minimum absolute atomic E-state index is 0.266. The minimum atomic E-state index is -0.338. The molecule has 0 radical (unpaired) electrons. The number of furan rings is 1. The number of rotatable bonds is 2. The molecule has 0 spiro atoms. The van der Waals surface area contributed by atoms with Crippen molar-refractivity contribution in [2.24, 2.45) is 5.73 Å². The first-order chi connectivity index (χ1) is 7.59. The van der Waals surface area contributed by atoms with Gasteiger partial charge in [-0.3, -0.25) is 0 Å². The van der Waals surface area contributed by atoms with E-state index in [4.69, 9.17) is 10.2 Å². The minimum Gasteiger partial charge on any atom is -0.469 e. The molecule has 1 unspecified atom stereocenters. The van der Waals surface area contributed by atoms with Crippen LogP contribution >= 0.6 is 0 Å². The van der Waals surface area contributed by atoms with Crippen LogP contribution in [0.1, 0.15) is 28.5 Å². The van der Waals surface area contributed by atoms with Crippen LogP contribution in [0.25, 0.3) is 0 Å². The van der Waals surface area contributed by atoms with Gasteiger partial charge in [-0.05, 0) is 43.2 Å². The lowest BCUT2D eigenvalue weighted by Gasteiger charge is -2.14. The van der Waals surface area contributed by atoms with E-state index >= 15 is 0 Å². The second-order valence-electron chi connectivity index (χ2n) is 3.91. The number of nitrogens with two attached hydrogens (primary N) is 1. The molecule has 2 nitrogen and oxygen atoms in total. The molecule has 2 aromatic rings. The van der Waals surface area contributed by atoms with Crippen LogP contribution < -0.4 is 5.73 Å². The summed E-state index contributed by atoms with van der Waals surface area (Å²) >= 11 is 0. The lowest BCUT2D eigenvalue weighted by molar-refractivity contribution is 0.527. The highest BCUT2D eigenvalue weighted by molar-refractivity contribution is 5.37. The predicted molar refractivity (Wildman–Crippen MR) is 60.6 cm³/mol. The molecule has 84 valence electrons. The number of benzene rings is 1. The predicted octanol–water partition coefficient (Wildman–Crippen LogP) is 3.08. The van der Waals surface area contributed by atoms with Crippen LogP contribution in [0.5, 0.6) is 0 Å². The van der Waals surface area contributed by atoms with Crippen LogP contribution in [-0.2, 0) is 0 Å². The summed E-state index contributed by atoms with van der Waals surface area (Å²) in [5.41, 5.74) is 8.78. The fourth-order valence-corrected chi connectivity index (χ4v) is 1.83. The van der Waals surface area contributed by atoms with Crippen molar-refractivity contribution in [1.29, 1.82) is 0 Å². The Hall–Kier alpha value is -1.61. The van der Waals surface area contributed by atoms with E-state index in [-0.39, 0.29) is 11.9 Å². The molecule has 2 rings (SSSR count). The fourth-order valence-electron chi connectivity index (χ4n) is 1.83. The first-order valence-corrected chi connectivity index (χ1v) is 5.15. The van der Waals surface area contributed by atoms with Gasteiger partial charge < -0.3 is 10.2 Å². The maximum atomic E-state index is 13.2. The fraction of sp³-hybridized carbons (Fsp3) is 0.231. The molecule has 0 saturated carbocycles. The monoisotopic (exact) mass is 219 g/mol. The molecule has 1 aromatic carbocycles. The maximum Gasteiger partial charge on any atom is 0.123 e. The van der Waals surface area contributed by atoms with Crippen molar-refractivity contribution in [3.63, 3.8) is 0 Å². The Kier molecular flexibility index (Phi) is 2.79. The second kappa shape index (κ2) is 4.10. The Balaban J connectivity index is 2.45. The summed E-state index contributed by atoms with van der Waals surface area (Å²) < 4.78 is 18.4. The van der Waals surface area contributed by atoms with Crippen molar-refractivity contribution in [3.8, 4) is 0 Å². The Morgan fingerprint density at radius 3 is 2.56 bits per heavy atom. The molecule has 0 fully saturated rings. The summed E-state index contributed by atoms with van der Waals surface area (Å²) in [6.45, 7) is 3.77. The molecule has 1 heterocycles. The maximum absolute atomic E-state index is 13.2. The summed E-state index contributed by atoms with van der Waals surface area (Å²) in [7, 11) is 0. The lowest BCUT2D eigenvalue weighted by Crippen LogP contribution is -2.13. The third-order valence-corrected chi connectivity index (χ3v) is 2.81. The Morgan fingerprint density at radius 2 is 1.94 bits per heavy atom.